The van der Waals surface area contributed by atoms with E-state index in [-0.39, 0.29) is 23.0 Å². The standard InChI is InChI=1S/C22H27NO5S/c1-5-7-21(24)23(29(26,27)20-15-16(3)9-10-17(20)4)18-11-13-19(14-12-18)28-22(25)8-6-2/h9-15H,5-8H2,1-4H3. The summed E-state index contributed by atoms with van der Waals surface area (Å²) in [4.78, 5) is 24.5. The average Bonchev–Trinajstić information content (AvgIpc) is 2.65. The van der Waals surface area contributed by atoms with Crippen molar-refractivity contribution in [3.63, 3.8) is 0 Å². The molecule has 2 aromatic rings. The minimum Gasteiger partial charge on any atom is -0.427 e. The number of ether oxygens (including phenoxy) is 1. The van der Waals surface area contributed by atoms with Gasteiger partial charge in [0.15, 0.2) is 0 Å². The van der Waals surface area contributed by atoms with Crippen LogP contribution >= 0.6 is 0 Å². The van der Waals surface area contributed by atoms with Gasteiger partial charge in [0, 0.05) is 12.8 Å². The molecule has 0 spiro atoms. The van der Waals surface area contributed by atoms with Crippen molar-refractivity contribution in [2.75, 3.05) is 4.31 Å². The van der Waals surface area contributed by atoms with Crippen molar-refractivity contribution >= 4 is 27.6 Å². The topological polar surface area (TPSA) is 80.8 Å². The molecule has 2 rings (SSSR count). The number of hydrogen-bond donors (Lipinski definition) is 0. The highest BCUT2D eigenvalue weighted by molar-refractivity contribution is 7.93. The summed E-state index contributed by atoms with van der Waals surface area (Å²) in [6.07, 6.45) is 1.58. The monoisotopic (exact) mass is 417 g/mol. The zero-order valence-corrected chi connectivity index (χ0v) is 18.1. The predicted molar refractivity (Wildman–Crippen MR) is 112 cm³/mol. The van der Waals surface area contributed by atoms with E-state index in [1.54, 1.807) is 26.0 Å². The molecule has 0 fully saturated rings. The lowest BCUT2D eigenvalue weighted by molar-refractivity contribution is -0.134. The maximum absolute atomic E-state index is 13.4. The second kappa shape index (κ2) is 9.69. The molecule has 0 atom stereocenters. The highest BCUT2D eigenvalue weighted by Crippen LogP contribution is 2.29. The number of aryl methyl sites for hydroxylation is 2. The van der Waals surface area contributed by atoms with Gasteiger partial charge in [0.1, 0.15) is 5.75 Å². The number of benzene rings is 2. The summed E-state index contributed by atoms with van der Waals surface area (Å²) >= 11 is 0. The second-order valence-corrected chi connectivity index (χ2v) is 8.66. The fraction of sp³-hybridized carbons (Fsp3) is 0.364. The fourth-order valence-electron chi connectivity index (χ4n) is 2.85. The van der Waals surface area contributed by atoms with Crippen LogP contribution in [0.1, 0.15) is 50.7 Å². The molecule has 156 valence electrons. The molecule has 1 amide bonds. The maximum Gasteiger partial charge on any atom is 0.311 e. The van der Waals surface area contributed by atoms with Gasteiger partial charge in [-0.05, 0) is 68.1 Å². The first-order valence-electron chi connectivity index (χ1n) is 9.66. The number of hydrogen-bond acceptors (Lipinski definition) is 5. The summed E-state index contributed by atoms with van der Waals surface area (Å²) in [5.41, 5.74) is 1.56. The zero-order valence-electron chi connectivity index (χ0n) is 17.3. The summed E-state index contributed by atoms with van der Waals surface area (Å²) in [6.45, 7) is 7.19. The van der Waals surface area contributed by atoms with E-state index in [0.717, 1.165) is 9.87 Å². The Morgan fingerprint density at radius 3 is 2.14 bits per heavy atom. The Hall–Kier alpha value is -2.67. The molecule has 0 aliphatic rings. The first kappa shape index (κ1) is 22.6. The van der Waals surface area contributed by atoms with Crippen LogP contribution in [0.2, 0.25) is 0 Å². The molecular formula is C22H27NO5S. The van der Waals surface area contributed by atoms with E-state index >= 15 is 0 Å². The molecule has 0 saturated carbocycles. The van der Waals surface area contributed by atoms with Crippen molar-refractivity contribution in [1.29, 1.82) is 0 Å². The van der Waals surface area contributed by atoms with Crippen LogP contribution in [-0.2, 0) is 19.6 Å². The van der Waals surface area contributed by atoms with Crippen LogP contribution in [0, 0.1) is 13.8 Å². The van der Waals surface area contributed by atoms with E-state index in [2.05, 4.69) is 0 Å². The Labute approximate surface area is 172 Å². The van der Waals surface area contributed by atoms with Crippen LogP contribution in [0.25, 0.3) is 0 Å². The number of carbonyl (C=O) groups excluding carboxylic acids is 2. The van der Waals surface area contributed by atoms with E-state index in [1.807, 2.05) is 19.9 Å². The van der Waals surface area contributed by atoms with Gasteiger partial charge in [0.05, 0.1) is 10.6 Å². The third-order valence-electron chi connectivity index (χ3n) is 4.31. The third kappa shape index (κ3) is 5.44. The van der Waals surface area contributed by atoms with Crippen LogP contribution in [0.5, 0.6) is 5.75 Å². The molecule has 0 aliphatic heterocycles. The molecule has 0 bridgehead atoms. The van der Waals surface area contributed by atoms with E-state index in [0.29, 0.717) is 30.6 Å². The van der Waals surface area contributed by atoms with Crippen molar-refractivity contribution in [2.24, 2.45) is 0 Å². The van der Waals surface area contributed by atoms with Gasteiger partial charge >= 0.3 is 5.97 Å². The van der Waals surface area contributed by atoms with E-state index in [9.17, 15) is 18.0 Å². The number of sulfonamides is 1. The van der Waals surface area contributed by atoms with Crippen LogP contribution in [0.15, 0.2) is 47.4 Å². The predicted octanol–water partition coefficient (Wildman–Crippen LogP) is 4.53. The lowest BCUT2D eigenvalue weighted by atomic mass is 10.2. The van der Waals surface area contributed by atoms with Crippen LogP contribution in [-0.4, -0.2) is 20.3 Å². The number of esters is 1. The highest BCUT2D eigenvalue weighted by Gasteiger charge is 2.31. The number of rotatable bonds is 8. The van der Waals surface area contributed by atoms with Gasteiger partial charge in [-0.2, -0.15) is 0 Å². The third-order valence-corrected chi connectivity index (χ3v) is 6.20. The summed E-state index contributed by atoms with van der Waals surface area (Å²) in [7, 11) is -4.10. The zero-order chi connectivity index (χ0) is 21.6. The van der Waals surface area contributed by atoms with Gasteiger partial charge in [-0.1, -0.05) is 26.0 Å². The van der Waals surface area contributed by atoms with E-state index in [1.165, 1.54) is 24.3 Å². The first-order chi connectivity index (χ1) is 13.7. The Balaban J connectivity index is 2.47. The fourth-order valence-corrected chi connectivity index (χ4v) is 4.62. The lowest BCUT2D eigenvalue weighted by Crippen LogP contribution is -2.37. The normalized spacial score (nSPS) is 11.2. The van der Waals surface area contributed by atoms with Crippen LogP contribution < -0.4 is 9.04 Å². The molecular weight excluding hydrogens is 390 g/mol. The molecule has 0 aromatic heterocycles. The van der Waals surface area contributed by atoms with E-state index in [4.69, 9.17) is 4.74 Å². The van der Waals surface area contributed by atoms with Crippen molar-refractivity contribution < 1.29 is 22.7 Å². The van der Waals surface area contributed by atoms with Crippen LogP contribution in [0.3, 0.4) is 0 Å². The molecule has 0 heterocycles. The van der Waals surface area contributed by atoms with Gasteiger partial charge in [-0.3, -0.25) is 9.59 Å². The van der Waals surface area contributed by atoms with Gasteiger partial charge in [0.2, 0.25) is 5.91 Å². The van der Waals surface area contributed by atoms with Crippen molar-refractivity contribution in [2.45, 2.75) is 58.3 Å². The maximum atomic E-state index is 13.4. The summed E-state index contributed by atoms with van der Waals surface area (Å²) in [5.74, 6) is -0.564. The molecule has 29 heavy (non-hydrogen) atoms. The molecule has 2 aromatic carbocycles. The first-order valence-corrected chi connectivity index (χ1v) is 11.1. The summed E-state index contributed by atoms with van der Waals surface area (Å²) in [6, 6.07) is 11.1. The largest absolute Gasteiger partial charge is 0.427 e. The molecule has 0 unspecified atom stereocenters. The lowest BCUT2D eigenvalue weighted by Gasteiger charge is -2.24. The number of amides is 1. The van der Waals surface area contributed by atoms with Gasteiger partial charge in [0.25, 0.3) is 10.0 Å². The summed E-state index contributed by atoms with van der Waals surface area (Å²) < 4.78 is 32.8. The van der Waals surface area contributed by atoms with Gasteiger partial charge in [-0.15, -0.1) is 0 Å². The average molecular weight is 418 g/mol. The Morgan fingerprint density at radius 2 is 1.55 bits per heavy atom. The molecule has 0 radical (unpaired) electrons. The Bertz CT molecular complexity index is 981. The number of nitrogens with zero attached hydrogens (tertiary/aromatic N) is 1. The van der Waals surface area contributed by atoms with Gasteiger partial charge in [-0.25, -0.2) is 12.7 Å². The Kier molecular flexibility index (Phi) is 7.56. The van der Waals surface area contributed by atoms with Crippen molar-refractivity contribution in [3.05, 3.63) is 53.6 Å². The Morgan fingerprint density at radius 1 is 0.931 bits per heavy atom. The van der Waals surface area contributed by atoms with Crippen LogP contribution in [0.4, 0.5) is 5.69 Å². The van der Waals surface area contributed by atoms with Crippen molar-refractivity contribution in [3.8, 4) is 5.75 Å². The molecule has 0 N–H and O–H groups in total. The second-order valence-electron chi connectivity index (χ2n) is 6.90. The van der Waals surface area contributed by atoms with E-state index < -0.39 is 15.9 Å². The molecule has 6 nitrogen and oxygen atoms in total. The molecule has 0 saturated heterocycles. The van der Waals surface area contributed by atoms with Gasteiger partial charge < -0.3 is 4.74 Å². The molecule has 0 aliphatic carbocycles. The number of carbonyl (C=O) groups is 2. The minimum atomic E-state index is -4.10. The number of anilines is 1. The SMILES string of the molecule is CCCC(=O)Oc1ccc(N(C(=O)CCC)S(=O)(=O)c2cc(C)ccc2C)cc1. The smallest absolute Gasteiger partial charge is 0.311 e. The molecule has 7 heteroatoms. The van der Waals surface area contributed by atoms with Crippen molar-refractivity contribution in [1.82, 2.24) is 0 Å². The minimum absolute atomic E-state index is 0.0946. The summed E-state index contributed by atoms with van der Waals surface area (Å²) in [5, 5.41) is 0. The highest BCUT2D eigenvalue weighted by atomic mass is 32.2. The quantitative estimate of drug-likeness (QED) is 0.466.